The van der Waals surface area contributed by atoms with Gasteiger partial charge in [0.1, 0.15) is 5.69 Å². The first-order valence-corrected chi connectivity index (χ1v) is 8.26. The van der Waals surface area contributed by atoms with E-state index in [-0.39, 0.29) is 23.7 Å². The van der Waals surface area contributed by atoms with Crippen LogP contribution in [0.2, 0.25) is 0 Å². The van der Waals surface area contributed by atoms with Gasteiger partial charge in [-0.15, -0.1) is 0 Å². The van der Waals surface area contributed by atoms with E-state index in [1.165, 1.54) is 4.90 Å². The number of aromatic nitrogens is 1. The van der Waals surface area contributed by atoms with Crippen LogP contribution in [-0.4, -0.2) is 33.4 Å². The zero-order chi connectivity index (χ0) is 18.3. The van der Waals surface area contributed by atoms with Crippen LogP contribution in [0.3, 0.4) is 0 Å². The number of aliphatic carboxylic acids is 1. The summed E-state index contributed by atoms with van der Waals surface area (Å²) in [7, 11) is 0. The van der Waals surface area contributed by atoms with Gasteiger partial charge >= 0.3 is 5.97 Å². The molecule has 0 aliphatic carbocycles. The van der Waals surface area contributed by atoms with Gasteiger partial charge in [0.25, 0.3) is 11.5 Å². The van der Waals surface area contributed by atoms with Crippen molar-refractivity contribution in [2.75, 3.05) is 6.54 Å². The molecule has 1 aliphatic heterocycles. The molecular formula is C20H16N2O4. The molecule has 1 atom stereocenters. The second kappa shape index (κ2) is 6.15. The monoisotopic (exact) mass is 348 g/mol. The Balaban J connectivity index is 1.73. The van der Waals surface area contributed by atoms with Gasteiger partial charge in [0.05, 0.1) is 5.92 Å². The summed E-state index contributed by atoms with van der Waals surface area (Å²) in [4.78, 5) is 40.9. The number of carboxylic acid groups (broad SMARTS) is 1. The lowest BCUT2D eigenvalue weighted by Crippen LogP contribution is -2.41. The summed E-state index contributed by atoms with van der Waals surface area (Å²) in [5.74, 6) is -2.13. The molecule has 130 valence electrons. The molecule has 1 unspecified atom stereocenters. The number of carbonyl (C=O) groups excluding carboxylic acids is 1. The normalized spacial score (nSPS) is 16.3. The van der Waals surface area contributed by atoms with Crippen molar-refractivity contribution in [3.63, 3.8) is 0 Å². The number of fused-ring (bicyclic) bond motifs is 2. The molecule has 0 spiro atoms. The summed E-state index contributed by atoms with van der Waals surface area (Å²) in [5, 5.41) is 10.7. The number of H-pyrrole nitrogens is 1. The van der Waals surface area contributed by atoms with Crippen LogP contribution < -0.4 is 5.56 Å². The van der Waals surface area contributed by atoms with Crippen LogP contribution in [0, 0.1) is 0 Å². The maximum Gasteiger partial charge on any atom is 0.312 e. The van der Waals surface area contributed by atoms with E-state index in [0.29, 0.717) is 17.3 Å². The quantitative estimate of drug-likeness (QED) is 0.744. The van der Waals surface area contributed by atoms with E-state index in [1.54, 1.807) is 42.5 Å². The SMILES string of the molecule is O=C(O)C1CN(C(=O)c2cc3ccccc3c(=O)[nH]2)Cc2ccccc21. The molecule has 2 aromatic carbocycles. The van der Waals surface area contributed by atoms with E-state index in [1.807, 2.05) is 12.1 Å². The lowest BCUT2D eigenvalue weighted by Gasteiger charge is -2.32. The number of carboxylic acids is 1. The maximum atomic E-state index is 12.9. The van der Waals surface area contributed by atoms with E-state index < -0.39 is 11.9 Å². The number of benzene rings is 2. The number of aromatic amines is 1. The Morgan fingerprint density at radius 3 is 2.62 bits per heavy atom. The van der Waals surface area contributed by atoms with Gasteiger partial charge in [-0.2, -0.15) is 0 Å². The highest BCUT2D eigenvalue weighted by molar-refractivity contribution is 5.97. The molecule has 3 aromatic rings. The fourth-order valence-corrected chi connectivity index (χ4v) is 3.47. The molecule has 1 aliphatic rings. The Morgan fingerprint density at radius 2 is 1.81 bits per heavy atom. The number of hydrogen-bond acceptors (Lipinski definition) is 3. The van der Waals surface area contributed by atoms with Gasteiger partial charge < -0.3 is 15.0 Å². The predicted molar refractivity (Wildman–Crippen MR) is 96.1 cm³/mol. The zero-order valence-corrected chi connectivity index (χ0v) is 13.8. The van der Waals surface area contributed by atoms with Crippen LogP contribution in [0.4, 0.5) is 0 Å². The summed E-state index contributed by atoms with van der Waals surface area (Å²) in [6.45, 7) is 0.383. The van der Waals surface area contributed by atoms with E-state index in [0.717, 1.165) is 11.1 Å². The topological polar surface area (TPSA) is 90.5 Å². The van der Waals surface area contributed by atoms with Crippen LogP contribution in [0.5, 0.6) is 0 Å². The molecule has 1 amide bonds. The molecule has 6 heteroatoms. The molecule has 0 saturated heterocycles. The van der Waals surface area contributed by atoms with Crippen LogP contribution in [0.25, 0.3) is 10.8 Å². The van der Waals surface area contributed by atoms with Crippen molar-refractivity contribution in [2.45, 2.75) is 12.5 Å². The number of nitrogens with one attached hydrogen (secondary N) is 1. The first kappa shape index (κ1) is 16.1. The average Bonchev–Trinajstić information content (AvgIpc) is 2.66. The Bertz CT molecular complexity index is 1090. The fraction of sp³-hybridized carbons (Fsp3) is 0.150. The standard InChI is InChI=1S/C20H16N2O4/c23-18-15-8-4-1-5-12(15)9-17(21-18)19(24)22-10-13-6-2-3-7-14(13)16(11-22)20(25)26/h1-9,16H,10-11H2,(H,21,23)(H,25,26). The van der Waals surface area contributed by atoms with E-state index in [2.05, 4.69) is 4.98 Å². The largest absolute Gasteiger partial charge is 0.481 e. The van der Waals surface area contributed by atoms with Crippen molar-refractivity contribution in [3.05, 3.63) is 81.8 Å². The smallest absolute Gasteiger partial charge is 0.312 e. The molecule has 4 rings (SSSR count). The Kier molecular flexibility index (Phi) is 3.80. The highest BCUT2D eigenvalue weighted by atomic mass is 16.4. The van der Waals surface area contributed by atoms with Crippen molar-refractivity contribution in [1.82, 2.24) is 9.88 Å². The Hall–Kier alpha value is -3.41. The highest BCUT2D eigenvalue weighted by Crippen LogP contribution is 2.29. The van der Waals surface area contributed by atoms with Crippen LogP contribution in [0.15, 0.2) is 59.4 Å². The maximum absolute atomic E-state index is 12.9. The van der Waals surface area contributed by atoms with Gasteiger partial charge in [-0.1, -0.05) is 42.5 Å². The summed E-state index contributed by atoms with van der Waals surface area (Å²) >= 11 is 0. The number of carbonyl (C=O) groups is 2. The van der Waals surface area contributed by atoms with Crippen molar-refractivity contribution >= 4 is 22.6 Å². The number of rotatable bonds is 2. The van der Waals surface area contributed by atoms with Crippen LogP contribution >= 0.6 is 0 Å². The molecule has 26 heavy (non-hydrogen) atoms. The molecule has 0 fully saturated rings. The third-order valence-corrected chi connectivity index (χ3v) is 4.76. The Labute approximate surface area is 148 Å². The van der Waals surface area contributed by atoms with Crippen LogP contribution in [-0.2, 0) is 11.3 Å². The second-order valence-electron chi connectivity index (χ2n) is 6.37. The first-order valence-electron chi connectivity index (χ1n) is 8.26. The number of nitrogens with zero attached hydrogens (tertiary/aromatic N) is 1. The third kappa shape index (κ3) is 2.65. The van der Waals surface area contributed by atoms with Crippen molar-refractivity contribution in [2.24, 2.45) is 0 Å². The summed E-state index contributed by atoms with van der Waals surface area (Å²) in [6.07, 6.45) is 0. The minimum Gasteiger partial charge on any atom is -0.481 e. The van der Waals surface area contributed by atoms with Gasteiger partial charge in [-0.25, -0.2) is 0 Å². The number of amides is 1. The molecule has 0 saturated carbocycles. The van der Waals surface area contributed by atoms with E-state index in [9.17, 15) is 19.5 Å². The lowest BCUT2D eigenvalue weighted by atomic mass is 9.89. The molecule has 1 aromatic heterocycles. The third-order valence-electron chi connectivity index (χ3n) is 4.76. The van der Waals surface area contributed by atoms with Gasteiger partial charge in [0.15, 0.2) is 0 Å². The minimum absolute atomic E-state index is 0.0695. The fourth-order valence-electron chi connectivity index (χ4n) is 3.47. The highest BCUT2D eigenvalue weighted by Gasteiger charge is 2.33. The van der Waals surface area contributed by atoms with Gasteiger partial charge in [-0.3, -0.25) is 14.4 Å². The Morgan fingerprint density at radius 1 is 1.08 bits per heavy atom. The molecule has 6 nitrogen and oxygen atoms in total. The lowest BCUT2D eigenvalue weighted by molar-refractivity contribution is -0.139. The first-order chi connectivity index (χ1) is 12.5. The van der Waals surface area contributed by atoms with Gasteiger partial charge in [0.2, 0.25) is 0 Å². The average molecular weight is 348 g/mol. The summed E-state index contributed by atoms with van der Waals surface area (Å²) in [5.41, 5.74) is 1.37. The second-order valence-corrected chi connectivity index (χ2v) is 6.37. The van der Waals surface area contributed by atoms with Gasteiger partial charge in [-0.05, 0) is 28.6 Å². The molecule has 2 heterocycles. The van der Waals surface area contributed by atoms with Crippen molar-refractivity contribution in [1.29, 1.82) is 0 Å². The summed E-state index contributed by atoms with van der Waals surface area (Å²) in [6, 6.07) is 15.9. The minimum atomic E-state index is -0.970. The summed E-state index contributed by atoms with van der Waals surface area (Å²) < 4.78 is 0. The molecule has 0 bridgehead atoms. The molecule has 2 N–H and O–H groups in total. The zero-order valence-electron chi connectivity index (χ0n) is 13.8. The van der Waals surface area contributed by atoms with Gasteiger partial charge in [0, 0.05) is 18.5 Å². The van der Waals surface area contributed by atoms with Crippen LogP contribution in [0.1, 0.15) is 27.5 Å². The number of pyridine rings is 1. The molecular weight excluding hydrogens is 332 g/mol. The van der Waals surface area contributed by atoms with E-state index >= 15 is 0 Å². The molecule has 0 radical (unpaired) electrons. The van der Waals surface area contributed by atoms with E-state index in [4.69, 9.17) is 0 Å². The predicted octanol–water partition coefficient (Wildman–Crippen LogP) is 2.35. The van der Waals surface area contributed by atoms with Crippen molar-refractivity contribution < 1.29 is 14.7 Å². The van der Waals surface area contributed by atoms with Crippen molar-refractivity contribution in [3.8, 4) is 0 Å². The number of hydrogen-bond donors (Lipinski definition) is 2.